The minimum atomic E-state index is -3.38. The van der Waals surface area contributed by atoms with Crippen molar-refractivity contribution in [1.29, 1.82) is 0 Å². The molecule has 0 saturated carbocycles. The standard InChI is InChI=1S/C17H22N2O3S/c1-13(2)15-11-17(22-18-15)16-9-6-10-19(16)23(20,21)12-14-7-4-3-5-8-14/h3-5,7-8,11,13,16H,6,9-10,12H2,1-2H3/t16-/m1/s1. The Morgan fingerprint density at radius 1 is 1.30 bits per heavy atom. The summed E-state index contributed by atoms with van der Waals surface area (Å²) >= 11 is 0. The lowest BCUT2D eigenvalue weighted by Gasteiger charge is -2.22. The van der Waals surface area contributed by atoms with E-state index in [1.165, 1.54) is 0 Å². The quantitative estimate of drug-likeness (QED) is 0.840. The van der Waals surface area contributed by atoms with Crippen LogP contribution in [0.1, 0.15) is 55.7 Å². The van der Waals surface area contributed by atoms with Crippen molar-refractivity contribution in [2.75, 3.05) is 6.54 Å². The van der Waals surface area contributed by atoms with Crippen molar-refractivity contribution in [1.82, 2.24) is 9.46 Å². The van der Waals surface area contributed by atoms with Gasteiger partial charge >= 0.3 is 0 Å². The van der Waals surface area contributed by atoms with Crippen molar-refractivity contribution in [3.05, 3.63) is 53.4 Å². The van der Waals surface area contributed by atoms with E-state index in [2.05, 4.69) is 5.16 Å². The zero-order valence-electron chi connectivity index (χ0n) is 13.5. The molecule has 5 nitrogen and oxygen atoms in total. The Balaban J connectivity index is 1.82. The normalized spacial score (nSPS) is 19.5. The highest BCUT2D eigenvalue weighted by molar-refractivity contribution is 7.88. The van der Waals surface area contributed by atoms with Crippen LogP contribution in [0.5, 0.6) is 0 Å². The molecule has 1 atom stereocenters. The molecular weight excluding hydrogens is 312 g/mol. The van der Waals surface area contributed by atoms with Crippen LogP contribution in [0, 0.1) is 0 Å². The molecule has 0 N–H and O–H groups in total. The van der Waals surface area contributed by atoms with Gasteiger partial charge in [0.25, 0.3) is 0 Å². The fourth-order valence-electron chi connectivity index (χ4n) is 2.96. The first-order valence-corrected chi connectivity index (χ1v) is 9.58. The van der Waals surface area contributed by atoms with Gasteiger partial charge in [-0.05, 0) is 24.3 Å². The van der Waals surface area contributed by atoms with Gasteiger partial charge in [-0.3, -0.25) is 0 Å². The summed E-state index contributed by atoms with van der Waals surface area (Å²) in [5, 5.41) is 4.06. The van der Waals surface area contributed by atoms with Gasteiger partial charge in [0.05, 0.1) is 17.5 Å². The van der Waals surface area contributed by atoms with Crippen LogP contribution in [0.25, 0.3) is 0 Å². The molecule has 6 heteroatoms. The van der Waals surface area contributed by atoms with Crippen molar-refractivity contribution in [2.45, 2.75) is 44.4 Å². The van der Waals surface area contributed by atoms with Crippen LogP contribution >= 0.6 is 0 Å². The van der Waals surface area contributed by atoms with E-state index in [9.17, 15) is 8.42 Å². The Hall–Kier alpha value is -1.66. The van der Waals surface area contributed by atoms with Crippen LogP contribution < -0.4 is 0 Å². The maximum atomic E-state index is 12.8. The van der Waals surface area contributed by atoms with Gasteiger partial charge in [0.2, 0.25) is 10.0 Å². The second-order valence-corrected chi connectivity index (χ2v) is 8.24. The lowest BCUT2D eigenvalue weighted by molar-refractivity contribution is 0.295. The summed E-state index contributed by atoms with van der Waals surface area (Å²) in [5.74, 6) is 0.946. The molecule has 1 aliphatic rings. The van der Waals surface area contributed by atoms with Gasteiger partial charge in [0.15, 0.2) is 5.76 Å². The highest BCUT2D eigenvalue weighted by Gasteiger charge is 2.37. The first kappa shape index (κ1) is 16.2. The third kappa shape index (κ3) is 3.48. The van der Waals surface area contributed by atoms with Crippen LogP contribution in [0.2, 0.25) is 0 Å². The Morgan fingerprint density at radius 3 is 2.70 bits per heavy atom. The molecule has 0 bridgehead atoms. The topological polar surface area (TPSA) is 63.4 Å². The third-order valence-corrected chi connectivity index (χ3v) is 6.07. The summed E-state index contributed by atoms with van der Waals surface area (Å²) in [6.07, 6.45) is 1.62. The lowest BCUT2D eigenvalue weighted by Crippen LogP contribution is -2.31. The second-order valence-electron chi connectivity index (χ2n) is 6.32. The average molecular weight is 334 g/mol. The molecule has 0 spiro atoms. The average Bonchev–Trinajstić information content (AvgIpc) is 3.17. The van der Waals surface area contributed by atoms with Gasteiger partial charge in [-0.2, -0.15) is 4.31 Å². The van der Waals surface area contributed by atoms with E-state index in [1.807, 2.05) is 50.2 Å². The lowest BCUT2D eigenvalue weighted by atomic mass is 10.1. The van der Waals surface area contributed by atoms with E-state index < -0.39 is 10.0 Å². The van der Waals surface area contributed by atoms with E-state index in [0.29, 0.717) is 12.3 Å². The molecule has 2 aromatic rings. The molecule has 0 radical (unpaired) electrons. The maximum absolute atomic E-state index is 12.8. The molecule has 124 valence electrons. The van der Waals surface area contributed by atoms with Crippen LogP contribution in [0.3, 0.4) is 0 Å². The largest absolute Gasteiger partial charge is 0.359 e. The van der Waals surface area contributed by atoms with Crippen molar-refractivity contribution in [3.8, 4) is 0 Å². The number of hydrogen-bond donors (Lipinski definition) is 0. The molecule has 0 amide bonds. The Morgan fingerprint density at radius 2 is 2.04 bits per heavy atom. The molecular formula is C17H22N2O3S. The number of sulfonamides is 1. The molecule has 2 heterocycles. The summed E-state index contributed by atoms with van der Waals surface area (Å²) in [4.78, 5) is 0. The molecule has 0 unspecified atom stereocenters. The predicted octanol–water partition coefficient (Wildman–Crippen LogP) is 3.46. The van der Waals surface area contributed by atoms with Gasteiger partial charge in [-0.25, -0.2) is 8.42 Å². The van der Waals surface area contributed by atoms with Crippen molar-refractivity contribution in [3.63, 3.8) is 0 Å². The molecule has 1 saturated heterocycles. The molecule has 1 fully saturated rings. The van der Waals surface area contributed by atoms with Crippen molar-refractivity contribution < 1.29 is 12.9 Å². The van der Waals surface area contributed by atoms with Crippen LogP contribution in [0.15, 0.2) is 40.9 Å². The maximum Gasteiger partial charge on any atom is 0.218 e. The number of rotatable bonds is 5. The monoisotopic (exact) mass is 334 g/mol. The van der Waals surface area contributed by atoms with E-state index >= 15 is 0 Å². The molecule has 0 aliphatic carbocycles. The van der Waals surface area contributed by atoms with E-state index in [-0.39, 0.29) is 17.7 Å². The van der Waals surface area contributed by atoms with E-state index in [0.717, 1.165) is 24.1 Å². The van der Waals surface area contributed by atoms with Gasteiger partial charge in [0.1, 0.15) is 0 Å². The SMILES string of the molecule is CC(C)c1cc([C@H]2CCCN2S(=O)(=O)Cc2ccccc2)on1. The fourth-order valence-corrected chi connectivity index (χ4v) is 4.74. The van der Waals surface area contributed by atoms with Crippen molar-refractivity contribution in [2.24, 2.45) is 0 Å². The minimum absolute atomic E-state index is 0.0233. The zero-order chi connectivity index (χ0) is 16.4. The fraction of sp³-hybridized carbons (Fsp3) is 0.471. The number of hydrogen-bond acceptors (Lipinski definition) is 4. The molecule has 1 aromatic heterocycles. The Kier molecular flexibility index (Phi) is 4.55. The Bertz CT molecular complexity index is 753. The zero-order valence-corrected chi connectivity index (χ0v) is 14.3. The first-order valence-electron chi connectivity index (χ1n) is 7.97. The van der Waals surface area contributed by atoms with Crippen molar-refractivity contribution >= 4 is 10.0 Å². The first-order chi connectivity index (χ1) is 11.0. The summed E-state index contributed by atoms with van der Waals surface area (Å²) in [5.41, 5.74) is 1.67. The number of benzene rings is 1. The van der Waals surface area contributed by atoms with Gasteiger partial charge in [-0.1, -0.05) is 49.3 Å². The number of aromatic nitrogens is 1. The summed E-state index contributed by atoms with van der Waals surface area (Å²) in [6, 6.07) is 10.9. The molecule has 1 aromatic carbocycles. The van der Waals surface area contributed by atoms with Gasteiger partial charge < -0.3 is 4.52 Å². The van der Waals surface area contributed by atoms with Crippen LogP contribution in [0.4, 0.5) is 0 Å². The van der Waals surface area contributed by atoms with E-state index in [4.69, 9.17) is 4.52 Å². The minimum Gasteiger partial charge on any atom is -0.359 e. The Labute approximate surface area is 137 Å². The van der Waals surface area contributed by atoms with Crippen LogP contribution in [-0.2, 0) is 15.8 Å². The third-order valence-electron chi connectivity index (χ3n) is 4.22. The molecule has 1 aliphatic heterocycles. The molecule has 23 heavy (non-hydrogen) atoms. The van der Waals surface area contributed by atoms with E-state index in [1.54, 1.807) is 4.31 Å². The summed E-state index contributed by atoms with van der Waals surface area (Å²) in [6.45, 7) is 4.62. The smallest absolute Gasteiger partial charge is 0.218 e. The van der Waals surface area contributed by atoms with Gasteiger partial charge in [0, 0.05) is 12.6 Å². The predicted molar refractivity (Wildman–Crippen MR) is 88.3 cm³/mol. The second kappa shape index (κ2) is 6.45. The van der Waals surface area contributed by atoms with Gasteiger partial charge in [-0.15, -0.1) is 0 Å². The van der Waals surface area contributed by atoms with Crippen LogP contribution in [-0.4, -0.2) is 24.4 Å². The highest BCUT2D eigenvalue weighted by Crippen LogP contribution is 2.36. The highest BCUT2D eigenvalue weighted by atomic mass is 32.2. The summed E-state index contributed by atoms with van der Waals surface area (Å²) in [7, 11) is -3.38. The number of nitrogens with zero attached hydrogens (tertiary/aromatic N) is 2. The summed E-state index contributed by atoms with van der Waals surface area (Å²) < 4.78 is 32.6. The molecule has 3 rings (SSSR count).